The van der Waals surface area contributed by atoms with Crippen LogP contribution in [0.15, 0.2) is 71.6 Å². The first-order valence-electron chi connectivity index (χ1n) is 10.1. The third kappa shape index (κ3) is 4.17. The van der Waals surface area contributed by atoms with E-state index in [1.54, 1.807) is 31.2 Å². The summed E-state index contributed by atoms with van der Waals surface area (Å²) in [7, 11) is -3.45. The lowest BCUT2D eigenvalue weighted by Crippen LogP contribution is -2.32. The van der Waals surface area contributed by atoms with Crippen molar-refractivity contribution in [3.63, 3.8) is 0 Å². The van der Waals surface area contributed by atoms with E-state index in [1.807, 2.05) is 42.5 Å². The number of anilines is 2. The Balaban J connectivity index is 1.43. The summed E-state index contributed by atoms with van der Waals surface area (Å²) in [6.45, 7) is 2.93. The highest BCUT2D eigenvalue weighted by Crippen LogP contribution is 2.24. The molecule has 156 valence electrons. The van der Waals surface area contributed by atoms with Gasteiger partial charge in [-0.15, -0.1) is 0 Å². The highest BCUT2D eigenvalue weighted by atomic mass is 32.2. The van der Waals surface area contributed by atoms with Gasteiger partial charge in [0, 0.05) is 29.9 Å². The minimum absolute atomic E-state index is 0.196. The van der Waals surface area contributed by atoms with Gasteiger partial charge in [0.15, 0.2) is 0 Å². The van der Waals surface area contributed by atoms with Crippen LogP contribution in [0.25, 0.3) is 10.8 Å². The molecule has 6 nitrogen and oxygen atoms in total. The maximum absolute atomic E-state index is 12.6. The van der Waals surface area contributed by atoms with Gasteiger partial charge in [0.1, 0.15) is 6.04 Å². The zero-order valence-electron chi connectivity index (χ0n) is 16.8. The molecule has 4 rings (SSSR count). The van der Waals surface area contributed by atoms with Crippen LogP contribution in [0.2, 0.25) is 0 Å². The first kappa shape index (κ1) is 20.4. The number of amides is 1. The second-order valence-corrected chi connectivity index (χ2v) is 9.46. The average molecular weight is 424 g/mol. The largest absolute Gasteiger partial charge is 0.373 e. The number of nitrogens with zero attached hydrogens (tertiary/aromatic N) is 1. The molecular weight excluding hydrogens is 398 g/mol. The van der Waals surface area contributed by atoms with E-state index in [9.17, 15) is 13.2 Å². The Morgan fingerprint density at radius 2 is 1.60 bits per heavy atom. The molecular formula is C23H25N3O3S. The maximum atomic E-state index is 12.6. The van der Waals surface area contributed by atoms with Crippen molar-refractivity contribution in [3.8, 4) is 0 Å². The molecule has 0 spiro atoms. The van der Waals surface area contributed by atoms with Gasteiger partial charge in [0.25, 0.3) is 0 Å². The molecule has 30 heavy (non-hydrogen) atoms. The van der Waals surface area contributed by atoms with Gasteiger partial charge in [-0.05, 0) is 55.5 Å². The number of carbonyl (C=O) groups excluding carboxylic acids is 1. The van der Waals surface area contributed by atoms with Crippen molar-refractivity contribution >= 4 is 38.1 Å². The number of carbonyl (C=O) groups is 1. The van der Waals surface area contributed by atoms with E-state index >= 15 is 0 Å². The number of hydrogen-bond donors (Lipinski definition) is 2. The molecule has 0 aliphatic carbocycles. The van der Waals surface area contributed by atoms with Gasteiger partial charge in [-0.2, -0.15) is 4.31 Å². The molecule has 1 atom stereocenters. The van der Waals surface area contributed by atoms with Crippen LogP contribution in [0.5, 0.6) is 0 Å². The molecule has 2 N–H and O–H groups in total. The van der Waals surface area contributed by atoms with Gasteiger partial charge < -0.3 is 10.6 Å². The predicted molar refractivity (Wildman–Crippen MR) is 120 cm³/mol. The van der Waals surface area contributed by atoms with E-state index in [4.69, 9.17) is 0 Å². The van der Waals surface area contributed by atoms with E-state index in [-0.39, 0.29) is 10.8 Å². The van der Waals surface area contributed by atoms with Crippen molar-refractivity contribution in [3.05, 3.63) is 66.7 Å². The number of nitrogens with one attached hydrogen (secondary N) is 2. The van der Waals surface area contributed by atoms with Crippen molar-refractivity contribution in [1.82, 2.24) is 4.31 Å². The normalized spacial score (nSPS) is 15.8. The van der Waals surface area contributed by atoms with Crippen LogP contribution < -0.4 is 10.6 Å². The van der Waals surface area contributed by atoms with Gasteiger partial charge >= 0.3 is 0 Å². The zero-order valence-corrected chi connectivity index (χ0v) is 17.7. The van der Waals surface area contributed by atoms with Gasteiger partial charge in [-0.1, -0.05) is 36.4 Å². The van der Waals surface area contributed by atoms with Crippen molar-refractivity contribution in [2.24, 2.45) is 0 Å². The molecule has 1 fully saturated rings. The smallest absolute Gasteiger partial charge is 0.246 e. The van der Waals surface area contributed by atoms with Crippen LogP contribution in [0, 0.1) is 0 Å². The molecule has 1 saturated heterocycles. The zero-order chi connectivity index (χ0) is 21.1. The summed E-state index contributed by atoms with van der Waals surface area (Å²) >= 11 is 0. The minimum atomic E-state index is -3.45. The Hall–Kier alpha value is -2.90. The van der Waals surface area contributed by atoms with E-state index in [2.05, 4.69) is 10.6 Å². The van der Waals surface area contributed by atoms with Crippen LogP contribution in [-0.2, 0) is 14.8 Å². The highest BCUT2D eigenvalue weighted by Gasteiger charge is 2.27. The van der Waals surface area contributed by atoms with Gasteiger partial charge in [-0.25, -0.2) is 8.42 Å². The van der Waals surface area contributed by atoms with Crippen LogP contribution in [0.3, 0.4) is 0 Å². The molecule has 1 heterocycles. The van der Waals surface area contributed by atoms with Gasteiger partial charge in [-0.3, -0.25) is 4.79 Å². The first-order chi connectivity index (χ1) is 14.4. The van der Waals surface area contributed by atoms with Gasteiger partial charge in [0.05, 0.1) is 4.90 Å². The Morgan fingerprint density at radius 3 is 2.33 bits per heavy atom. The topological polar surface area (TPSA) is 78.5 Å². The van der Waals surface area contributed by atoms with Crippen LogP contribution >= 0.6 is 0 Å². The third-order valence-corrected chi connectivity index (χ3v) is 7.29. The quantitative estimate of drug-likeness (QED) is 0.627. The van der Waals surface area contributed by atoms with Crippen LogP contribution in [0.1, 0.15) is 19.8 Å². The second kappa shape index (κ2) is 8.45. The summed E-state index contributed by atoms with van der Waals surface area (Å²) in [5.41, 5.74) is 1.45. The van der Waals surface area contributed by atoms with E-state index in [0.29, 0.717) is 18.8 Å². The molecule has 1 aliphatic rings. The lowest BCUT2D eigenvalue weighted by Gasteiger charge is -2.18. The number of rotatable bonds is 6. The summed E-state index contributed by atoms with van der Waals surface area (Å²) in [6.07, 6.45) is 1.80. The second-order valence-electron chi connectivity index (χ2n) is 7.52. The number of fused-ring (bicyclic) bond motifs is 1. The Bertz CT molecular complexity index is 1150. The van der Waals surface area contributed by atoms with Crippen molar-refractivity contribution in [2.45, 2.75) is 30.7 Å². The van der Waals surface area contributed by atoms with Crippen LogP contribution in [0.4, 0.5) is 11.4 Å². The standard InChI is InChI=1S/C23H25N3O3S/c1-17(24-22-10-6-8-18-7-2-3-9-21(18)22)23(27)25-19-11-13-20(14-12-19)30(28,29)26-15-4-5-16-26/h2-3,6-14,17,24H,4-5,15-16H2,1H3,(H,25,27)/t17-/m1/s1. The monoisotopic (exact) mass is 423 g/mol. The molecule has 0 radical (unpaired) electrons. The summed E-state index contributed by atoms with van der Waals surface area (Å²) in [5, 5.41) is 8.27. The molecule has 3 aromatic carbocycles. The Kier molecular flexibility index (Phi) is 5.74. The SMILES string of the molecule is C[C@@H](Nc1cccc2ccccc12)C(=O)Nc1ccc(S(=O)(=O)N2CCCC2)cc1. The minimum Gasteiger partial charge on any atom is -0.373 e. The van der Waals surface area contributed by atoms with Crippen molar-refractivity contribution in [2.75, 3.05) is 23.7 Å². The fourth-order valence-electron chi connectivity index (χ4n) is 3.69. The summed E-state index contributed by atoms with van der Waals surface area (Å²) in [6, 6.07) is 19.8. The van der Waals surface area contributed by atoms with Crippen molar-refractivity contribution in [1.29, 1.82) is 0 Å². The van der Waals surface area contributed by atoms with Gasteiger partial charge in [0.2, 0.25) is 15.9 Å². The van der Waals surface area contributed by atoms with E-state index in [0.717, 1.165) is 29.3 Å². The fourth-order valence-corrected chi connectivity index (χ4v) is 5.21. The number of hydrogen-bond acceptors (Lipinski definition) is 4. The lowest BCUT2D eigenvalue weighted by atomic mass is 10.1. The Labute approximate surface area is 177 Å². The molecule has 0 bridgehead atoms. The average Bonchev–Trinajstić information content (AvgIpc) is 3.30. The molecule has 1 aliphatic heterocycles. The third-order valence-electron chi connectivity index (χ3n) is 5.38. The first-order valence-corrected chi connectivity index (χ1v) is 11.5. The van der Waals surface area contributed by atoms with Crippen molar-refractivity contribution < 1.29 is 13.2 Å². The van der Waals surface area contributed by atoms with Crippen LogP contribution in [-0.4, -0.2) is 37.8 Å². The summed E-state index contributed by atoms with van der Waals surface area (Å²) < 4.78 is 26.7. The molecule has 7 heteroatoms. The number of benzene rings is 3. The Morgan fingerprint density at radius 1 is 0.933 bits per heavy atom. The molecule has 0 unspecified atom stereocenters. The summed E-state index contributed by atoms with van der Waals surface area (Å²) in [5.74, 6) is -0.196. The maximum Gasteiger partial charge on any atom is 0.246 e. The molecule has 1 amide bonds. The molecule has 0 aromatic heterocycles. The summed E-state index contributed by atoms with van der Waals surface area (Å²) in [4.78, 5) is 12.9. The highest BCUT2D eigenvalue weighted by molar-refractivity contribution is 7.89. The lowest BCUT2D eigenvalue weighted by molar-refractivity contribution is -0.116. The van der Waals surface area contributed by atoms with E-state index in [1.165, 1.54) is 4.31 Å². The molecule has 3 aromatic rings. The van der Waals surface area contributed by atoms with E-state index < -0.39 is 16.1 Å². The molecule has 0 saturated carbocycles. The fraction of sp³-hybridized carbons (Fsp3) is 0.261. The number of sulfonamides is 1. The predicted octanol–water partition coefficient (Wildman–Crippen LogP) is 4.06.